The van der Waals surface area contributed by atoms with E-state index < -0.39 is 0 Å². The van der Waals surface area contributed by atoms with Crippen molar-refractivity contribution in [3.8, 4) is 0 Å². The predicted molar refractivity (Wildman–Crippen MR) is 40.1 cm³/mol. The molecule has 9 heavy (non-hydrogen) atoms. The van der Waals surface area contributed by atoms with Gasteiger partial charge in [-0.05, 0) is 31.1 Å². The fourth-order valence-corrected chi connectivity index (χ4v) is 3.00. The summed E-state index contributed by atoms with van der Waals surface area (Å²) in [4.78, 5) is 0. The molecule has 2 saturated carbocycles. The van der Waals surface area contributed by atoms with Crippen molar-refractivity contribution in [3.63, 3.8) is 0 Å². The molecule has 4 atom stereocenters. The Balaban J connectivity index is 2.10. The van der Waals surface area contributed by atoms with Gasteiger partial charge >= 0.3 is 0 Å². The number of fused-ring (bicyclic) bond motifs is 2. The van der Waals surface area contributed by atoms with Crippen LogP contribution in [0, 0.1) is 11.8 Å². The van der Waals surface area contributed by atoms with Crippen molar-refractivity contribution in [1.82, 2.24) is 0 Å². The molecule has 0 aliphatic heterocycles. The minimum Gasteiger partial charge on any atom is -0.123 e. The van der Waals surface area contributed by atoms with E-state index in [0.29, 0.717) is 10.8 Å². The van der Waals surface area contributed by atoms with Crippen LogP contribution in [0.3, 0.4) is 0 Å². The van der Waals surface area contributed by atoms with E-state index in [1.807, 2.05) is 0 Å². The third-order valence-corrected chi connectivity index (χ3v) is 3.75. The molecule has 0 aromatic carbocycles. The highest BCUT2D eigenvalue weighted by Gasteiger charge is 2.43. The molecule has 0 amide bonds. The molecular formula is C7H10Cl2. The van der Waals surface area contributed by atoms with E-state index in [2.05, 4.69) is 0 Å². The molecule has 0 aromatic rings. The van der Waals surface area contributed by atoms with Crippen LogP contribution in [0.15, 0.2) is 0 Å². The quantitative estimate of drug-likeness (QED) is 0.484. The topological polar surface area (TPSA) is 0 Å². The second kappa shape index (κ2) is 2.03. The average Bonchev–Trinajstić information content (AvgIpc) is 2.24. The fourth-order valence-electron chi connectivity index (χ4n) is 2.14. The maximum Gasteiger partial charge on any atom is 0.0368 e. The third-order valence-electron chi connectivity index (χ3n) is 2.68. The average molecular weight is 165 g/mol. The molecule has 2 fully saturated rings. The van der Waals surface area contributed by atoms with Gasteiger partial charge in [-0.15, -0.1) is 23.2 Å². The molecule has 0 aromatic heterocycles. The maximum atomic E-state index is 6.02. The van der Waals surface area contributed by atoms with E-state index in [0.717, 1.165) is 11.8 Å². The molecule has 0 heterocycles. The lowest BCUT2D eigenvalue weighted by atomic mass is 10.00. The molecule has 2 bridgehead atoms. The first-order chi connectivity index (χ1) is 4.27. The van der Waals surface area contributed by atoms with Gasteiger partial charge in [-0.1, -0.05) is 0 Å². The standard InChI is InChI=1S/C7H10Cl2/c8-6-2-4-1-5(6)3-7(4)9/h4-7H,1-3H2/t4-,5-,6-,7-/m0/s1. The Bertz CT molecular complexity index is 106. The summed E-state index contributed by atoms with van der Waals surface area (Å²) >= 11 is 12.0. The molecule has 2 rings (SSSR count). The van der Waals surface area contributed by atoms with Gasteiger partial charge in [-0.25, -0.2) is 0 Å². The van der Waals surface area contributed by atoms with Crippen molar-refractivity contribution in [3.05, 3.63) is 0 Å². The normalized spacial score (nSPS) is 56.7. The number of hydrogen-bond acceptors (Lipinski definition) is 0. The molecule has 0 N–H and O–H groups in total. The Morgan fingerprint density at radius 2 is 1.22 bits per heavy atom. The third kappa shape index (κ3) is 0.877. The van der Waals surface area contributed by atoms with Crippen molar-refractivity contribution in [2.24, 2.45) is 11.8 Å². The molecule has 0 saturated heterocycles. The Kier molecular flexibility index (Phi) is 1.42. The maximum absolute atomic E-state index is 6.02. The zero-order chi connectivity index (χ0) is 6.43. The van der Waals surface area contributed by atoms with Crippen molar-refractivity contribution >= 4 is 23.2 Å². The van der Waals surface area contributed by atoms with E-state index in [1.54, 1.807) is 0 Å². The van der Waals surface area contributed by atoms with Crippen LogP contribution < -0.4 is 0 Å². The van der Waals surface area contributed by atoms with Crippen molar-refractivity contribution in [1.29, 1.82) is 0 Å². The first kappa shape index (κ1) is 6.30. The Morgan fingerprint density at radius 1 is 0.778 bits per heavy atom. The molecule has 0 radical (unpaired) electrons. The number of alkyl halides is 2. The first-order valence-electron chi connectivity index (χ1n) is 3.55. The highest BCUT2D eigenvalue weighted by molar-refractivity contribution is 6.23. The van der Waals surface area contributed by atoms with Gasteiger partial charge in [0.15, 0.2) is 0 Å². The highest BCUT2D eigenvalue weighted by atomic mass is 35.5. The fraction of sp³-hybridized carbons (Fsp3) is 1.00. The van der Waals surface area contributed by atoms with Crippen LogP contribution in [-0.4, -0.2) is 10.8 Å². The largest absolute Gasteiger partial charge is 0.123 e. The van der Waals surface area contributed by atoms with E-state index in [1.165, 1.54) is 19.3 Å². The Morgan fingerprint density at radius 3 is 1.44 bits per heavy atom. The summed E-state index contributed by atoms with van der Waals surface area (Å²) < 4.78 is 0. The molecule has 2 aliphatic rings. The van der Waals surface area contributed by atoms with E-state index >= 15 is 0 Å². The zero-order valence-corrected chi connectivity index (χ0v) is 6.70. The lowest BCUT2D eigenvalue weighted by Crippen LogP contribution is -2.17. The number of halogens is 2. The highest BCUT2D eigenvalue weighted by Crippen LogP contribution is 2.49. The van der Waals surface area contributed by atoms with Gasteiger partial charge in [0.05, 0.1) is 0 Å². The molecular weight excluding hydrogens is 155 g/mol. The number of rotatable bonds is 0. The monoisotopic (exact) mass is 164 g/mol. The summed E-state index contributed by atoms with van der Waals surface area (Å²) in [6.45, 7) is 0. The van der Waals surface area contributed by atoms with Gasteiger partial charge in [-0.3, -0.25) is 0 Å². The lowest BCUT2D eigenvalue weighted by molar-refractivity contribution is 0.494. The zero-order valence-electron chi connectivity index (χ0n) is 5.19. The minimum absolute atomic E-state index is 0.449. The second-order valence-corrected chi connectivity index (χ2v) is 4.38. The van der Waals surface area contributed by atoms with Gasteiger partial charge < -0.3 is 0 Å². The SMILES string of the molecule is Cl[C@H]1C[C@@H]2C[C@H]1C[C@@H]2Cl. The van der Waals surface area contributed by atoms with E-state index in [4.69, 9.17) is 23.2 Å². The Labute approximate surface area is 65.5 Å². The van der Waals surface area contributed by atoms with E-state index in [9.17, 15) is 0 Å². The van der Waals surface area contributed by atoms with Crippen LogP contribution in [-0.2, 0) is 0 Å². The summed E-state index contributed by atoms with van der Waals surface area (Å²) in [7, 11) is 0. The summed E-state index contributed by atoms with van der Waals surface area (Å²) in [6.07, 6.45) is 3.63. The smallest absolute Gasteiger partial charge is 0.0368 e. The van der Waals surface area contributed by atoms with Crippen molar-refractivity contribution < 1.29 is 0 Å². The molecule has 0 nitrogen and oxygen atoms in total. The van der Waals surface area contributed by atoms with Gasteiger partial charge in [-0.2, -0.15) is 0 Å². The van der Waals surface area contributed by atoms with Crippen LogP contribution in [0.4, 0.5) is 0 Å². The lowest BCUT2D eigenvalue weighted by Gasteiger charge is -2.18. The molecule has 52 valence electrons. The number of hydrogen-bond donors (Lipinski definition) is 0. The molecule has 2 heteroatoms. The molecule has 0 spiro atoms. The van der Waals surface area contributed by atoms with Gasteiger partial charge in [0.1, 0.15) is 0 Å². The summed E-state index contributed by atoms with van der Waals surface area (Å²) in [5.74, 6) is 1.50. The Hall–Kier alpha value is 0.580. The van der Waals surface area contributed by atoms with Crippen LogP contribution in [0.5, 0.6) is 0 Å². The first-order valence-corrected chi connectivity index (χ1v) is 4.43. The van der Waals surface area contributed by atoms with Gasteiger partial charge in [0.2, 0.25) is 0 Å². The van der Waals surface area contributed by atoms with Crippen LogP contribution in [0.1, 0.15) is 19.3 Å². The van der Waals surface area contributed by atoms with Gasteiger partial charge in [0, 0.05) is 10.8 Å². The second-order valence-electron chi connectivity index (χ2n) is 3.26. The summed E-state index contributed by atoms with van der Waals surface area (Å²) in [5, 5.41) is 0.898. The van der Waals surface area contributed by atoms with E-state index in [-0.39, 0.29) is 0 Å². The summed E-state index contributed by atoms with van der Waals surface area (Å²) in [5.41, 5.74) is 0. The van der Waals surface area contributed by atoms with Gasteiger partial charge in [0.25, 0.3) is 0 Å². The minimum atomic E-state index is 0.449. The predicted octanol–water partition coefficient (Wildman–Crippen LogP) is 2.63. The molecule has 0 unspecified atom stereocenters. The van der Waals surface area contributed by atoms with Crippen molar-refractivity contribution in [2.45, 2.75) is 30.0 Å². The van der Waals surface area contributed by atoms with Crippen molar-refractivity contribution in [2.75, 3.05) is 0 Å². The molecule has 2 aliphatic carbocycles. The van der Waals surface area contributed by atoms with Crippen LogP contribution >= 0.6 is 23.2 Å². The van der Waals surface area contributed by atoms with Crippen LogP contribution in [0.25, 0.3) is 0 Å². The van der Waals surface area contributed by atoms with Crippen LogP contribution in [0.2, 0.25) is 0 Å². The summed E-state index contributed by atoms with van der Waals surface area (Å²) in [6, 6.07) is 0.